The average Bonchev–Trinajstić information content (AvgIpc) is 2.57. The molecule has 0 aliphatic carbocycles. The molecule has 0 aromatic carbocycles. The highest BCUT2D eigenvalue weighted by Crippen LogP contribution is 2.29. The maximum atomic E-state index is 13.0. The lowest BCUT2D eigenvalue weighted by Crippen LogP contribution is -2.53. The maximum absolute atomic E-state index is 13.0. The summed E-state index contributed by atoms with van der Waals surface area (Å²) in [5.41, 5.74) is 0.542. The molecular weight excluding hydrogens is 346 g/mol. The van der Waals surface area contributed by atoms with Gasteiger partial charge in [-0.3, -0.25) is 9.69 Å². The molecule has 2 rings (SSSR count). The number of hydrogen-bond donors (Lipinski definition) is 1. The monoisotopic (exact) mass is 373 g/mol. The molecule has 1 aliphatic heterocycles. The van der Waals surface area contributed by atoms with Crippen LogP contribution in [0.4, 0.5) is 10.6 Å². The van der Waals surface area contributed by atoms with Gasteiger partial charge >= 0.3 is 6.03 Å². The van der Waals surface area contributed by atoms with E-state index in [-0.39, 0.29) is 36.3 Å². The molecule has 9 nitrogen and oxygen atoms in total. The molecule has 9 heteroatoms. The van der Waals surface area contributed by atoms with E-state index in [1.54, 1.807) is 6.20 Å². The first-order valence-electron chi connectivity index (χ1n) is 8.84. The van der Waals surface area contributed by atoms with Crippen LogP contribution < -0.4 is 10.2 Å². The zero-order valence-corrected chi connectivity index (χ0v) is 16.6. The predicted octanol–water partition coefficient (Wildman–Crippen LogP) is 0.814. The molecule has 0 atom stereocenters. The van der Waals surface area contributed by atoms with Crippen molar-refractivity contribution in [3.63, 3.8) is 0 Å². The Morgan fingerprint density at radius 1 is 1.41 bits per heavy atom. The highest BCUT2D eigenvalue weighted by Gasteiger charge is 2.35. The molecule has 1 aromatic rings. The van der Waals surface area contributed by atoms with Gasteiger partial charge in [-0.25, -0.2) is 14.8 Å². The number of nitrogens with one attached hydrogen (secondary N) is 1. The van der Waals surface area contributed by atoms with Crippen LogP contribution in [0, 0.1) is 16.7 Å². The number of hydrogen-bond acceptors (Lipinski definition) is 6. The summed E-state index contributed by atoms with van der Waals surface area (Å²) in [6, 6.07) is 1.62. The number of nitriles is 1. The third kappa shape index (κ3) is 5.62. The Morgan fingerprint density at radius 2 is 2.11 bits per heavy atom. The molecule has 1 aliphatic rings. The minimum atomic E-state index is -0.289. The SMILES string of the molecule is CN(C)CCNC(=O)CN1Cc2cnc(C#N)nc2N(CC(C)(C)C)C1=O. The minimum absolute atomic E-state index is 0.0235. The number of carbonyl (C=O) groups is 2. The number of carbonyl (C=O) groups excluding carboxylic acids is 2. The molecule has 3 amide bonds. The molecule has 0 spiro atoms. The lowest BCUT2D eigenvalue weighted by molar-refractivity contribution is -0.121. The Labute approximate surface area is 160 Å². The second-order valence-corrected chi connectivity index (χ2v) is 8.09. The average molecular weight is 373 g/mol. The second kappa shape index (κ2) is 8.31. The first-order valence-corrected chi connectivity index (χ1v) is 8.84. The van der Waals surface area contributed by atoms with E-state index in [4.69, 9.17) is 5.26 Å². The van der Waals surface area contributed by atoms with Gasteiger partial charge in [0.15, 0.2) is 0 Å². The highest BCUT2D eigenvalue weighted by molar-refractivity contribution is 5.96. The summed E-state index contributed by atoms with van der Waals surface area (Å²) >= 11 is 0. The van der Waals surface area contributed by atoms with Gasteiger partial charge in [0.25, 0.3) is 0 Å². The predicted molar refractivity (Wildman–Crippen MR) is 101 cm³/mol. The van der Waals surface area contributed by atoms with Gasteiger partial charge in [-0.1, -0.05) is 20.8 Å². The number of urea groups is 1. The van der Waals surface area contributed by atoms with E-state index in [0.29, 0.717) is 18.9 Å². The standard InChI is InChI=1S/C18H27N7O2/c1-18(2,3)12-25-16-13(9-21-14(8-19)22-16)10-24(17(25)27)11-15(26)20-6-7-23(4)5/h9H,6-7,10-12H2,1-5H3,(H,20,26). The fourth-order valence-corrected chi connectivity index (χ4v) is 2.72. The molecule has 0 fully saturated rings. The largest absolute Gasteiger partial charge is 0.353 e. The van der Waals surface area contributed by atoms with Crippen LogP contribution in [0.2, 0.25) is 0 Å². The van der Waals surface area contributed by atoms with Crippen molar-refractivity contribution < 1.29 is 9.59 Å². The molecule has 146 valence electrons. The number of rotatable bonds is 6. The molecular formula is C18H27N7O2. The van der Waals surface area contributed by atoms with Crippen LogP contribution in [0.15, 0.2) is 6.20 Å². The normalized spacial score (nSPS) is 14.2. The van der Waals surface area contributed by atoms with Crippen LogP contribution in [0.3, 0.4) is 0 Å². The third-order valence-electron chi connectivity index (χ3n) is 3.91. The highest BCUT2D eigenvalue weighted by atomic mass is 16.2. The molecule has 0 saturated carbocycles. The molecule has 27 heavy (non-hydrogen) atoms. The first-order chi connectivity index (χ1) is 12.6. The van der Waals surface area contributed by atoms with Crippen molar-refractivity contribution in [1.82, 2.24) is 25.1 Å². The van der Waals surface area contributed by atoms with Crippen molar-refractivity contribution in [2.24, 2.45) is 5.41 Å². The van der Waals surface area contributed by atoms with Gasteiger partial charge in [0.05, 0.1) is 6.54 Å². The van der Waals surface area contributed by atoms with Gasteiger partial charge in [-0.2, -0.15) is 5.26 Å². The topological polar surface area (TPSA) is 105 Å². The lowest BCUT2D eigenvalue weighted by Gasteiger charge is -2.38. The molecule has 1 N–H and O–H groups in total. The van der Waals surface area contributed by atoms with Gasteiger partial charge in [0, 0.05) is 31.4 Å². The van der Waals surface area contributed by atoms with E-state index in [1.165, 1.54) is 9.80 Å². The number of amides is 3. The summed E-state index contributed by atoms with van der Waals surface area (Å²) in [5.74, 6) is 0.264. The molecule has 1 aromatic heterocycles. The number of likely N-dealkylation sites (N-methyl/N-ethyl adjacent to an activating group) is 1. The Morgan fingerprint density at radius 3 is 2.70 bits per heavy atom. The van der Waals surface area contributed by atoms with Crippen molar-refractivity contribution in [3.05, 3.63) is 17.6 Å². The van der Waals surface area contributed by atoms with Crippen LogP contribution in [-0.4, -0.2) is 72.0 Å². The quantitative estimate of drug-likeness (QED) is 0.791. The number of aromatic nitrogens is 2. The Bertz CT molecular complexity index is 749. The van der Waals surface area contributed by atoms with E-state index in [2.05, 4.69) is 15.3 Å². The van der Waals surface area contributed by atoms with Gasteiger partial charge in [-0.15, -0.1) is 0 Å². The smallest absolute Gasteiger partial charge is 0.326 e. The van der Waals surface area contributed by atoms with Crippen LogP contribution >= 0.6 is 0 Å². The van der Waals surface area contributed by atoms with Crippen molar-refractivity contribution >= 4 is 17.8 Å². The second-order valence-electron chi connectivity index (χ2n) is 8.09. The first kappa shape index (κ1) is 20.6. The van der Waals surface area contributed by atoms with Crippen LogP contribution in [0.5, 0.6) is 0 Å². The van der Waals surface area contributed by atoms with Crippen LogP contribution in [0.25, 0.3) is 0 Å². The van der Waals surface area contributed by atoms with E-state index >= 15 is 0 Å². The summed E-state index contributed by atoms with van der Waals surface area (Å²) in [7, 11) is 3.86. The van der Waals surface area contributed by atoms with Crippen molar-refractivity contribution in [2.45, 2.75) is 27.3 Å². The Hall–Kier alpha value is -2.73. The number of anilines is 1. The van der Waals surface area contributed by atoms with Crippen LogP contribution in [-0.2, 0) is 11.3 Å². The summed E-state index contributed by atoms with van der Waals surface area (Å²) in [6.45, 7) is 7.90. The van der Waals surface area contributed by atoms with E-state index < -0.39 is 0 Å². The van der Waals surface area contributed by atoms with Gasteiger partial charge in [-0.05, 0) is 19.5 Å². The van der Waals surface area contributed by atoms with Gasteiger partial charge < -0.3 is 15.1 Å². The van der Waals surface area contributed by atoms with Crippen LogP contribution in [0.1, 0.15) is 32.2 Å². The maximum Gasteiger partial charge on any atom is 0.326 e. The molecule has 0 bridgehead atoms. The lowest BCUT2D eigenvalue weighted by atomic mass is 9.95. The van der Waals surface area contributed by atoms with E-state index in [9.17, 15) is 9.59 Å². The fraction of sp³-hybridized carbons (Fsp3) is 0.611. The minimum Gasteiger partial charge on any atom is -0.353 e. The summed E-state index contributed by atoms with van der Waals surface area (Å²) in [4.78, 5) is 38.5. The summed E-state index contributed by atoms with van der Waals surface area (Å²) in [5, 5.41) is 11.9. The van der Waals surface area contributed by atoms with Crippen molar-refractivity contribution in [3.8, 4) is 6.07 Å². The van der Waals surface area contributed by atoms with Gasteiger partial charge in [0.1, 0.15) is 18.4 Å². The zero-order chi connectivity index (χ0) is 20.2. The zero-order valence-electron chi connectivity index (χ0n) is 16.6. The van der Waals surface area contributed by atoms with E-state index in [1.807, 2.05) is 45.8 Å². The third-order valence-corrected chi connectivity index (χ3v) is 3.91. The Kier molecular flexibility index (Phi) is 6.33. The fourth-order valence-electron chi connectivity index (χ4n) is 2.72. The number of fused-ring (bicyclic) bond motifs is 1. The molecule has 0 radical (unpaired) electrons. The van der Waals surface area contributed by atoms with Gasteiger partial charge in [0.2, 0.25) is 11.7 Å². The van der Waals surface area contributed by atoms with E-state index in [0.717, 1.165) is 12.1 Å². The molecule has 2 heterocycles. The molecule has 0 saturated heterocycles. The summed E-state index contributed by atoms with van der Waals surface area (Å²) in [6.07, 6.45) is 1.56. The van der Waals surface area contributed by atoms with Crippen molar-refractivity contribution in [2.75, 3.05) is 45.2 Å². The summed E-state index contributed by atoms with van der Waals surface area (Å²) < 4.78 is 0. The molecule has 0 unspecified atom stereocenters. The van der Waals surface area contributed by atoms with Crippen molar-refractivity contribution in [1.29, 1.82) is 5.26 Å². The Balaban J connectivity index is 2.20. The number of nitrogens with zero attached hydrogens (tertiary/aromatic N) is 6.